The fraction of sp³-hybridized carbons (Fsp3) is 0.357. The fourth-order valence-corrected chi connectivity index (χ4v) is 2.08. The van der Waals surface area contributed by atoms with Gasteiger partial charge < -0.3 is 4.74 Å². The molecule has 1 N–H and O–H groups in total. The fourth-order valence-electron chi connectivity index (χ4n) is 2.08. The normalized spacial score (nSPS) is 18.1. The maximum absolute atomic E-state index is 12.1. The zero-order valence-corrected chi connectivity index (χ0v) is 11.4. The Morgan fingerprint density at radius 1 is 1.45 bits per heavy atom. The summed E-state index contributed by atoms with van der Waals surface area (Å²) in [6, 6.07) is 5.95. The second kappa shape index (κ2) is 5.83. The van der Waals surface area contributed by atoms with E-state index in [2.05, 4.69) is 4.99 Å². The number of hydrogen-bond donors (Lipinski definition) is 1. The third kappa shape index (κ3) is 2.70. The first-order valence-electron chi connectivity index (χ1n) is 6.37. The van der Waals surface area contributed by atoms with Crippen molar-refractivity contribution in [3.05, 3.63) is 34.8 Å². The van der Waals surface area contributed by atoms with Crippen LogP contribution in [0.4, 0.5) is 0 Å². The molecule has 1 aliphatic rings. The summed E-state index contributed by atoms with van der Waals surface area (Å²) in [6.45, 7) is 3.58. The molecule has 1 atom stereocenters. The number of amides is 1. The van der Waals surface area contributed by atoms with Crippen LogP contribution in [0.1, 0.15) is 20.3 Å². The number of fused-ring (bicyclic) bond motifs is 1. The third-order valence-electron chi connectivity index (χ3n) is 3.11. The number of rotatable bonds is 3. The van der Waals surface area contributed by atoms with E-state index in [4.69, 9.17) is 4.74 Å². The van der Waals surface area contributed by atoms with E-state index in [-0.39, 0.29) is 13.0 Å². The van der Waals surface area contributed by atoms with Crippen molar-refractivity contribution in [3.63, 3.8) is 0 Å². The zero-order valence-electron chi connectivity index (χ0n) is 11.4. The van der Waals surface area contributed by atoms with Gasteiger partial charge in [-0.3, -0.25) is 14.8 Å². The van der Waals surface area contributed by atoms with Gasteiger partial charge in [-0.05, 0) is 19.9 Å². The highest BCUT2D eigenvalue weighted by molar-refractivity contribution is 5.88. The van der Waals surface area contributed by atoms with Crippen LogP contribution < -0.4 is 10.6 Å². The number of esters is 1. The number of ether oxygens (including phenoxy) is 1. The summed E-state index contributed by atoms with van der Waals surface area (Å²) >= 11 is 0. The van der Waals surface area contributed by atoms with Gasteiger partial charge in [0, 0.05) is 10.9 Å². The largest absolute Gasteiger partial charge is 0.466 e. The van der Waals surface area contributed by atoms with Crippen LogP contribution in [0, 0.1) is 0 Å². The first-order chi connectivity index (χ1) is 9.54. The minimum Gasteiger partial charge on any atom is -0.466 e. The van der Waals surface area contributed by atoms with Crippen LogP contribution in [0.3, 0.4) is 0 Å². The number of benzene rings is 1. The molecule has 2 rings (SSSR count). The molecule has 0 radical (unpaired) electrons. The van der Waals surface area contributed by atoms with E-state index >= 15 is 0 Å². The smallest absolute Gasteiger partial charge is 0.308 e. The van der Waals surface area contributed by atoms with Crippen molar-refractivity contribution in [2.75, 3.05) is 6.61 Å². The molecule has 1 heterocycles. The Morgan fingerprint density at radius 3 is 2.85 bits per heavy atom. The Kier molecular flexibility index (Phi) is 4.14. The predicted octanol–water partition coefficient (Wildman–Crippen LogP) is -0.0125. The zero-order chi connectivity index (χ0) is 14.7. The van der Waals surface area contributed by atoms with Crippen molar-refractivity contribution < 1.29 is 19.5 Å². The van der Waals surface area contributed by atoms with Crippen molar-refractivity contribution in [2.24, 2.45) is 4.99 Å². The summed E-state index contributed by atoms with van der Waals surface area (Å²) < 4.78 is 4.81. The van der Waals surface area contributed by atoms with Crippen LogP contribution in [0.5, 0.6) is 0 Å². The Hall–Kier alpha value is -2.21. The quantitative estimate of drug-likeness (QED) is 0.785. The molecule has 1 aromatic carbocycles. The molecule has 106 valence electrons. The van der Waals surface area contributed by atoms with E-state index < -0.39 is 17.9 Å². The molecule has 6 heteroatoms. The molecule has 1 unspecified atom stereocenters. The van der Waals surface area contributed by atoms with Crippen LogP contribution in [-0.4, -0.2) is 34.8 Å². The van der Waals surface area contributed by atoms with Crippen LogP contribution in [0.25, 0.3) is 5.70 Å². The standard InChI is InChI=1S/C14H16N2O4/c1-3-20-13(17)8-12-14(18)15-11-7-5-4-6-10(11)9(2)16(12)19/h4-7,12,19H,3,8H2,1-2H3. The van der Waals surface area contributed by atoms with Gasteiger partial charge in [0.15, 0.2) is 0 Å². The van der Waals surface area contributed by atoms with E-state index in [0.717, 1.165) is 5.06 Å². The molecule has 0 aliphatic carbocycles. The number of hydroxylamine groups is 2. The number of carbonyl (C=O) groups is 2. The molecule has 0 aromatic heterocycles. The second-order valence-electron chi connectivity index (χ2n) is 4.42. The van der Waals surface area contributed by atoms with E-state index in [1.165, 1.54) is 0 Å². The predicted molar refractivity (Wildman–Crippen MR) is 70.0 cm³/mol. The minimum atomic E-state index is -1.05. The molecule has 0 spiro atoms. The first-order valence-corrected chi connectivity index (χ1v) is 6.37. The summed E-state index contributed by atoms with van der Waals surface area (Å²) in [5.41, 5.74) is 0.476. The van der Waals surface area contributed by atoms with Crippen LogP contribution in [0.15, 0.2) is 29.3 Å². The number of para-hydroxylation sites is 1. The lowest BCUT2D eigenvalue weighted by Gasteiger charge is -2.23. The summed E-state index contributed by atoms with van der Waals surface area (Å²) in [7, 11) is 0. The second-order valence-corrected chi connectivity index (χ2v) is 4.42. The molecule has 0 bridgehead atoms. The summed E-state index contributed by atoms with van der Waals surface area (Å²) in [6.07, 6.45) is -0.238. The SMILES string of the molecule is CCOC(=O)CC1C(=O)N=c2ccccc2=C(C)N1O. The number of nitrogens with zero attached hydrogens (tertiary/aromatic N) is 2. The van der Waals surface area contributed by atoms with Crippen molar-refractivity contribution in [3.8, 4) is 0 Å². The lowest BCUT2D eigenvalue weighted by molar-refractivity contribution is -0.153. The lowest BCUT2D eigenvalue weighted by atomic mass is 10.2. The lowest BCUT2D eigenvalue weighted by Crippen LogP contribution is -2.39. The van der Waals surface area contributed by atoms with Crippen LogP contribution in [0.2, 0.25) is 0 Å². The maximum atomic E-state index is 12.1. The Bertz CT molecular complexity index is 653. The minimum absolute atomic E-state index is 0.227. The molecular formula is C14H16N2O4. The summed E-state index contributed by atoms with van der Waals surface area (Å²) in [5, 5.41) is 12.1. The Labute approximate surface area is 115 Å². The van der Waals surface area contributed by atoms with Crippen molar-refractivity contribution in [2.45, 2.75) is 26.3 Å². The molecule has 6 nitrogen and oxygen atoms in total. The van der Waals surface area contributed by atoms with Gasteiger partial charge in [-0.1, -0.05) is 18.2 Å². The molecule has 0 fully saturated rings. The van der Waals surface area contributed by atoms with E-state index in [1.54, 1.807) is 38.1 Å². The summed E-state index contributed by atoms with van der Waals surface area (Å²) in [4.78, 5) is 27.6. The van der Waals surface area contributed by atoms with Gasteiger partial charge in [0.25, 0.3) is 5.91 Å². The molecule has 0 saturated carbocycles. The van der Waals surface area contributed by atoms with Gasteiger partial charge in [-0.25, -0.2) is 10.1 Å². The molecule has 1 aliphatic heterocycles. The van der Waals surface area contributed by atoms with Gasteiger partial charge >= 0.3 is 5.97 Å². The topological polar surface area (TPSA) is 79.2 Å². The molecule has 1 aromatic rings. The van der Waals surface area contributed by atoms with Crippen LogP contribution in [-0.2, 0) is 14.3 Å². The van der Waals surface area contributed by atoms with Gasteiger partial charge in [0.1, 0.15) is 6.04 Å². The third-order valence-corrected chi connectivity index (χ3v) is 3.11. The molecular weight excluding hydrogens is 260 g/mol. The maximum Gasteiger partial charge on any atom is 0.308 e. The number of carbonyl (C=O) groups excluding carboxylic acids is 2. The molecule has 1 amide bonds. The highest BCUT2D eigenvalue weighted by Gasteiger charge is 2.30. The van der Waals surface area contributed by atoms with Gasteiger partial charge in [0.05, 0.1) is 18.4 Å². The molecule has 0 saturated heterocycles. The highest BCUT2D eigenvalue weighted by Crippen LogP contribution is 2.13. The Balaban J connectivity index is 2.43. The van der Waals surface area contributed by atoms with Crippen molar-refractivity contribution >= 4 is 17.6 Å². The first kappa shape index (κ1) is 14.2. The highest BCUT2D eigenvalue weighted by atomic mass is 16.5. The van der Waals surface area contributed by atoms with Gasteiger partial charge in [0.2, 0.25) is 0 Å². The van der Waals surface area contributed by atoms with Gasteiger partial charge in [-0.2, -0.15) is 0 Å². The average molecular weight is 276 g/mol. The average Bonchev–Trinajstić information content (AvgIpc) is 2.51. The van der Waals surface area contributed by atoms with E-state index in [1.807, 2.05) is 0 Å². The van der Waals surface area contributed by atoms with E-state index in [0.29, 0.717) is 16.3 Å². The van der Waals surface area contributed by atoms with E-state index in [9.17, 15) is 14.8 Å². The number of hydrogen-bond acceptors (Lipinski definition) is 5. The monoisotopic (exact) mass is 276 g/mol. The van der Waals surface area contributed by atoms with Gasteiger partial charge in [-0.15, -0.1) is 0 Å². The van der Waals surface area contributed by atoms with Crippen molar-refractivity contribution in [1.29, 1.82) is 0 Å². The molecule has 20 heavy (non-hydrogen) atoms. The van der Waals surface area contributed by atoms with Crippen LogP contribution >= 0.6 is 0 Å². The Morgan fingerprint density at radius 2 is 2.15 bits per heavy atom. The van der Waals surface area contributed by atoms with Crippen molar-refractivity contribution in [1.82, 2.24) is 5.06 Å². The summed E-state index contributed by atoms with van der Waals surface area (Å²) in [5.74, 6) is -1.11.